The topological polar surface area (TPSA) is 72.1 Å². The van der Waals surface area contributed by atoms with Crippen LogP contribution in [0.3, 0.4) is 0 Å². The van der Waals surface area contributed by atoms with E-state index in [9.17, 15) is 13.6 Å². The number of fused-ring (bicyclic) bond motifs is 1. The summed E-state index contributed by atoms with van der Waals surface area (Å²) in [5.74, 6) is -0.501. The molecule has 1 aliphatic carbocycles. The Morgan fingerprint density at radius 2 is 1.78 bits per heavy atom. The fraction of sp³-hybridized carbons (Fsp3) is 0.536. The number of nitrogens with zero attached hydrogens (tertiary/aromatic N) is 1. The molecule has 3 aliphatic rings. The van der Waals surface area contributed by atoms with Gasteiger partial charge in [0.1, 0.15) is 0 Å². The number of hydrogen-bond donors (Lipinski definition) is 2. The van der Waals surface area contributed by atoms with Crippen molar-refractivity contribution < 1.29 is 27.8 Å². The van der Waals surface area contributed by atoms with Crippen molar-refractivity contribution in [1.29, 1.82) is 0 Å². The Morgan fingerprint density at radius 3 is 2.51 bits per heavy atom. The molecule has 5 rings (SSSR count). The molecule has 2 heterocycles. The molecule has 9 heteroatoms. The van der Waals surface area contributed by atoms with Crippen molar-refractivity contribution in [2.75, 3.05) is 39.3 Å². The zero-order valence-electron chi connectivity index (χ0n) is 21.4. The average Bonchev–Trinajstić information content (AvgIpc) is 3.30. The van der Waals surface area contributed by atoms with Crippen molar-refractivity contribution in [3.63, 3.8) is 0 Å². The molecule has 0 bridgehead atoms. The number of hydrogen-bond acceptors (Lipinski definition) is 5. The van der Waals surface area contributed by atoms with E-state index in [-0.39, 0.29) is 23.2 Å². The largest absolute Gasteiger partial charge is 0.493 e. The van der Waals surface area contributed by atoms with Crippen LogP contribution in [0.5, 0.6) is 11.5 Å². The monoisotopic (exact) mass is 515 g/mol. The van der Waals surface area contributed by atoms with Gasteiger partial charge in [0, 0.05) is 48.5 Å². The molecule has 2 aromatic carbocycles. The van der Waals surface area contributed by atoms with E-state index in [2.05, 4.69) is 27.7 Å². The molecule has 1 saturated carbocycles. The van der Waals surface area contributed by atoms with Gasteiger partial charge in [-0.3, -0.25) is 4.90 Å². The summed E-state index contributed by atoms with van der Waals surface area (Å²) < 4.78 is 43.6. The molecule has 200 valence electrons. The second-order valence-corrected chi connectivity index (χ2v) is 10.3. The molecule has 2 aliphatic heterocycles. The lowest BCUT2D eigenvalue weighted by Crippen LogP contribution is -2.55. The van der Waals surface area contributed by atoms with Gasteiger partial charge in [0.15, 0.2) is 23.1 Å². The van der Waals surface area contributed by atoms with Gasteiger partial charge < -0.3 is 24.8 Å². The molecule has 0 aromatic heterocycles. The average molecular weight is 516 g/mol. The molecule has 3 fully saturated rings. The van der Waals surface area contributed by atoms with Gasteiger partial charge in [-0.25, -0.2) is 13.6 Å². The van der Waals surface area contributed by atoms with E-state index in [0.717, 1.165) is 76.2 Å². The fourth-order valence-corrected chi connectivity index (χ4v) is 6.58. The van der Waals surface area contributed by atoms with Crippen LogP contribution in [0.4, 0.5) is 19.3 Å². The standard InChI is InChI=1S/C28H35F2N3O4/c1-35-24-6-3-18(15-25(24)36-2)28-10-7-20(32-27(34)31-19-4-5-22(29)23(30)16-19)17-26(28)33(12-11-28)21-8-13-37-14-9-21/h3-6,15-16,20-21,26H,7-14,17H2,1-2H3,(H2,31,32,34)/t20-,26+,28-/m0/s1. The van der Waals surface area contributed by atoms with Gasteiger partial charge in [-0.1, -0.05) is 6.07 Å². The molecule has 7 nitrogen and oxygen atoms in total. The number of ether oxygens (including phenoxy) is 3. The summed E-state index contributed by atoms with van der Waals surface area (Å²) in [7, 11) is 3.30. The normalized spacial score (nSPS) is 26.4. The highest BCUT2D eigenvalue weighted by molar-refractivity contribution is 5.89. The van der Waals surface area contributed by atoms with Crippen LogP contribution in [0.25, 0.3) is 0 Å². The molecule has 2 saturated heterocycles. The molecule has 37 heavy (non-hydrogen) atoms. The molecule has 2 N–H and O–H groups in total. The Hall–Kier alpha value is -2.91. The molecule has 0 radical (unpaired) electrons. The molecule has 2 aromatic rings. The quantitative estimate of drug-likeness (QED) is 0.576. The van der Waals surface area contributed by atoms with Gasteiger partial charge in [0.25, 0.3) is 0 Å². The molecule has 3 atom stereocenters. The third-order valence-corrected chi connectivity index (χ3v) is 8.43. The van der Waals surface area contributed by atoms with E-state index in [1.54, 1.807) is 14.2 Å². The molecule has 2 amide bonds. The van der Waals surface area contributed by atoms with Crippen molar-refractivity contribution in [2.24, 2.45) is 0 Å². The molecule has 0 unspecified atom stereocenters. The maximum absolute atomic E-state index is 13.6. The van der Waals surface area contributed by atoms with Gasteiger partial charge in [-0.05, 0) is 74.9 Å². The number of rotatable bonds is 6. The number of carbonyl (C=O) groups is 1. The number of benzene rings is 2. The highest BCUT2D eigenvalue weighted by Gasteiger charge is 2.53. The van der Waals surface area contributed by atoms with Crippen molar-refractivity contribution in [3.05, 3.63) is 53.6 Å². The van der Waals surface area contributed by atoms with Gasteiger partial charge in [-0.15, -0.1) is 0 Å². The van der Waals surface area contributed by atoms with Crippen molar-refractivity contribution in [1.82, 2.24) is 10.2 Å². The second kappa shape index (κ2) is 10.8. The van der Waals surface area contributed by atoms with Crippen molar-refractivity contribution >= 4 is 11.7 Å². The first kappa shape index (κ1) is 25.7. The lowest BCUT2D eigenvalue weighted by molar-refractivity contribution is 0.0143. The number of nitrogens with one attached hydrogen (secondary N) is 2. The first-order valence-corrected chi connectivity index (χ1v) is 13.0. The predicted octanol–water partition coefficient (Wildman–Crippen LogP) is 4.85. The second-order valence-electron chi connectivity index (χ2n) is 10.3. The summed E-state index contributed by atoms with van der Waals surface area (Å²) in [6, 6.07) is 9.85. The van der Waals surface area contributed by atoms with Crippen LogP contribution in [-0.2, 0) is 10.2 Å². The van der Waals surface area contributed by atoms with Crippen LogP contribution >= 0.6 is 0 Å². The van der Waals surface area contributed by atoms with Gasteiger partial charge in [0.05, 0.1) is 14.2 Å². The summed E-state index contributed by atoms with van der Waals surface area (Å²) in [6.45, 7) is 2.54. The van der Waals surface area contributed by atoms with Crippen LogP contribution in [0.2, 0.25) is 0 Å². The van der Waals surface area contributed by atoms with E-state index in [4.69, 9.17) is 14.2 Å². The van der Waals surface area contributed by atoms with Crippen LogP contribution in [0, 0.1) is 11.6 Å². The van der Waals surface area contributed by atoms with Crippen molar-refractivity contribution in [2.45, 2.75) is 62.1 Å². The van der Waals surface area contributed by atoms with Crippen LogP contribution in [-0.4, -0.2) is 63.0 Å². The van der Waals surface area contributed by atoms with Crippen LogP contribution in [0.15, 0.2) is 36.4 Å². The zero-order valence-corrected chi connectivity index (χ0v) is 21.4. The number of amides is 2. The summed E-state index contributed by atoms with van der Waals surface area (Å²) >= 11 is 0. The number of anilines is 1. The van der Waals surface area contributed by atoms with E-state index in [0.29, 0.717) is 11.8 Å². The number of carbonyl (C=O) groups excluding carboxylic acids is 1. The Balaban J connectivity index is 1.37. The number of urea groups is 1. The summed E-state index contributed by atoms with van der Waals surface area (Å²) in [5.41, 5.74) is 1.41. The Morgan fingerprint density at radius 1 is 1.00 bits per heavy atom. The minimum Gasteiger partial charge on any atom is -0.493 e. The molecule has 0 spiro atoms. The van der Waals surface area contributed by atoms with Crippen molar-refractivity contribution in [3.8, 4) is 11.5 Å². The maximum atomic E-state index is 13.6. The number of halogens is 2. The molecular weight excluding hydrogens is 480 g/mol. The van der Waals surface area contributed by atoms with E-state index >= 15 is 0 Å². The van der Waals surface area contributed by atoms with E-state index < -0.39 is 17.7 Å². The SMILES string of the molecule is COc1ccc([C@@]23CC[C@H](NC(=O)Nc4ccc(F)c(F)c4)C[C@H]2N(C2CCOCC2)CC3)cc1OC. The van der Waals surface area contributed by atoms with Gasteiger partial charge in [0.2, 0.25) is 0 Å². The third-order valence-electron chi connectivity index (χ3n) is 8.43. The highest BCUT2D eigenvalue weighted by atomic mass is 19.2. The first-order chi connectivity index (χ1) is 17.9. The van der Waals surface area contributed by atoms with E-state index in [1.165, 1.54) is 11.6 Å². The van der Waals surface area contributed by atoms with Gasteiger partial charge >= 0.3 is 6.03 Å². The fourth-order valence-electron chi connectivity index (χ4n) is 6.58. The van der Waals surface area contributed by atoms with Gasteiger partial charge in [-0.2, -0.15) is 0 Å². The van der Waals surface area contributed by atoms with Crippen LogP contribution in [0.1, 0.15) is 44.1 Å². The van der Waals surface area contributed by atoms with E-state index in [1.807, 2.05) is 6.07 Å². The summed E-state index contributed by atoms with van der Waals surface area (Å²) in [6.07, 6.45) is 5.59. The first-order valence-electron chi connectivity index (χ1n) is 13.0. The zero-order chi connectivity index (χ0) is 26.0. The number of methoxy groups -OCH3 is 2. The number of likely N-dealkylation sites (tertiary alicyclic amines) is 1. The van der Waals surface area contributed by atoms with Crippen LogP contribution < -0.4 is 20.1 Å². The summed E-state index contributed by atoms with van der Waals surface area (Å²) in [4.78, 5) is 15.4. The maximum Gasteiger partial charge on any atom is 0.319 e. The predicted molar refractivity (Wildman–Crippen MR) is 136 cm³/mol. The summed E-state index contributed by atoms with van der Waals surface area (Å²) in [5, 5.41) is 5.73. The third kappa shape index (κ3) is 5.11. The Bertz CT molecular complexity index is 1130. The smallest absolute Gasteiger partial charge is 0.319 e. The minimum absolute atomic E-state index is 0.0380. The lowest BCUT2D eigenvalue weighted by atomic mass is 9.65. The lowest BCUT2D eigenvalue weighted by Gasteiger charge is -2.47. The Kier molecular flexibility index (Phi) is 7.53. The Labute approximate surface area is 216 Å². The highest BCUT2D eigenvalue weighted by Crippen LogP contribution is 2.51. The minimum atomic E-state index is -0.992. The molecular formula is C28H35F2N3O4.